The summed E-state index contributed by atoms with van der Waals surface area (Å²) >= 11 is 0. The van der Waals surface area contributed by atoms with Gasteiger partial charge in [-0.05, 0) is 17.7 Å². The van der Waals surface area contributed by atoms with Crippen molar-refractivity contribution in [1.82, 2.24) is 15.5 Å². The van der Waals surface area contributed by atoms with E-state index in [1.165, 1.54) is 18.2 Å². The van der Waals surface area contributed by atoms with Gasteiger partial charge in [0.2, 0.25) is 11.8 Å². The van der Waals surface area contributed by atoms with Crippen molar-refractivity contribution >= 4 is 40.3 Å². The summed E-state index contributed by atoms with van der Waals surface area (Å²) in [6, 6.07) is 6.79. The monoisotopic (exact) mass is 484 g/mol. The summed E-state index contributed by atoms with van der Waals surface area (Å²) in [5.74, 6) is -1.40. The van der Waals surface area contributed by atoms with Crippen LogP contribution in [0.3, 0.4) is 0 Å². The molecular weight excluding hydrogens is 456 g/mol. The zero-order chi connectivity index (χ0) is 25.4. The van der Waals surface area contributed by atoms with Gasteiger partial charge >= 0.3 is 5.63 Å². The highest BCUT2D eigenvalue weighted by Gasteiger charge is 2.23. The molecule has 1 aromatic carbocycles. The van der Waals surface area contributed by atoms with Gasteiger partial charge in [0.05, 0.1) is 19.6 Å². The predicted molar refractivity (Wildman–Crippen MR) is 128 cm³/mol. The second-order valence-electron chi connectivity index (χ2n) is 8.07. The molecule has 0 unspecified atom stereocenters. The SMILES string of the molecule is CN(C)c1ccc2c(CC(=O)NCCOCCNC(=O)CCN3C(=O)C=CC3=O)cc(=O)oc2c1. The van der Waals surface area contributed by atoms with Crippen molar-refractivity contribution in [2.45, 2.75) is 12.8 Å². The smallest absolute Gasteiger partial charge is 0.336 e. The van der Waals surface area contributed by atoms with Gasteiger partial charge < -0.3 is 24.7 Å². The van der Waals surface area contributed by atoms with E-state index in [-0.39, 0.29) is 57.5 Å². The molecular formula is C24H28N4O7. The van der Waals surface area contributed by atoms with E-state index < -0.39 is 17.4 Å². The Morgan fingerprint density at radius 3 is 2.29 bits per heavy atom. The number of amides is 4. The van der Waals surface area contributed by atoms with Crippen molar-refractivity contribution < 1.29 is 28.3 Å². The van der Waals surface area contributed by atoms with Crippen LogP contribution in [0.1, 0.15) is 12.0 Å². The van der Waals surface area contributed by atoms with Gasteiger partial charge in [0.1, 0.15) is 5.58 Å². The first-order valence-electron chi connectivity index (χ1n) is 11.1. The highest BCUT2D eigenvalue weighted by molar-refractivity contribution is 6.13. The molecule has 2 N–H and O–H groups in total. The number of nitrogens with zero attached hydrogens (tertiary/aromatic N) is 2. The van der Waals surface area contributed by atoms with Gasteiger partial charge in [-0.1, -0.05) is 0 Å². The lowest BCUT2D eigenvalue weighted by Crippen LogP contribution is -2.35. The number of carbonyl (C=O) groups excluding carboxylic acids is 4. The molecule has 2 aromatic rings. The fourth-order valence-electron chi connectivity index (χ4n) is 3.46. The summed E-state index contributed by atoms with van der Waals surface area (Å²) < 4.78 is 10.7. The zero-order valence-electron chi connectivity index (χ0n) is 19.7. The molecule has 1 aliphatic rings. The van der Waals surface area contributed by atoms with Gasteiger partial charge in [-0.25, -0.2) is 4.79 Å². The number of ether oxygens (including phenoxy) is 1. The predicted octanol–water partition coefficient (Wildman–Crippen LogP) is -0.0344. The molecule has 0 fully saturated rings. The number of rotatable bonds is 12. The van der Waals surface area contributed by atoms with Crippen molar-refractivity contribution in [3.63, 3.8) is 0 Å². The third-order valence-corrected chi connectivity index (χ3v) is 5.28. The molecule has 3 rings (SSSR count). The largest absolute Gasteiger partial charge is 0.423 e. The van der Waals surface area contributed by atoms with Crippen molar-refractivity contribution in [2.75, 3.05) is 51.8 Å². The van der Waals surface area contributed by atoms with Crippen LogP contribution < -0.4 is 21.2 Å². The van der Waals surface area contributed by atoms with Crippen LogP contribution in [0, 0.1) is 0 Å². The number of imide groups is 1. The number of hydrogen-bond acceptors (Lipinski definition) is 8. The summed E-state index contributed by atoms with van der Waals surface area (Å²) in [6.07, 6.45) is 2.38. The maximum atomic E-state index is 12.3. The fraction of sp³-hybridized carbons (Fsp3) is 0.375. The van der Waals surface area contributed by atoms with Crippen molar-refractivity contribution in [1.29, 1.82) is 0 Å². The summed E-state index contributed by atoms with van der Waals surface area (Å²) in [5, 5.41) is 6.08. The van der Waals surface area contributed by atoms with Crippen LogP contribution in [-0.2, 0) is 30.3 Å². The van der Waals surface area contributed by atoms with Gasteiger partial charge in [0.15, 0.2) is 0 Å². The Morgan fingerprint density at radius 2 is 1.63 bits per heavy atom. The Kier molecular flexibility index (Phi) is 8.74. The second kappa shape index (κ2) is 11.9. The van der Waals surface area contributed by atoms with Crippen LogP contribution in [-0.4, -0.2) is 75.5 Å². The number of benzene rings is 1. The summed E-state index contributed by atoms with van der Waals surface area (Å²) in [5.41, 5.74) is 1.37. The number of nitrogens with one attached hydrogen (secondary N) is 2. The van der Waals surface area contributed by atoms with E-state index in [2.05, 4.69) is 10.6 Å². The first kappa shape index (κ1) is 25.6. The van der Waals surface area contributed by atoms with Crippen molar-refractivity contribution in [2.24, 2.45) is 0 Å². The maximum Gasteiger partial charge on any atom is 0.336 e. The van der Waals surface area contributed by atoms with Crippen LogP contribution >= 0.6 is 0 Å². The Labute approximate surface area is 201 Å². The molecule has 0 spiro atoms. The molecule has 11 heteroatoms. The summed E-state index contributed by atoms with van der Waals surface area (Å²) in [7, 11) is 3.76. The molecule has 1 aromatic heterocycles. The average Bonchev–Trinajstić information content (AvgIpc) is 3.13. The highest BCUT2D eigenvalue weighted by atomic mass is 16.5. The number of carbonyl (C=O) groups is 4. The third kappa shape index (κ3) is 7.24. The van der Waals surface area contributed by atoms with Crippen molar-refractivity contribution in [3.05, 3.63) is 52.4 Å². The molecule has 0 saturated heterocycles. The minimum Gasteiger partial charge on any atom is -0.423 e. The first-order valence-corrected chi connectivity index (χ1v) is 11.1. The normalized spacial score (nSPS) is 12.9. The molecule has 0 atom stereocenters. The lowest BCUT2D eigenvalue weighted by molar-refractivity contribution is -0.137. The molecule has 0 radical (unpaired) electrons. The van der Waals surface area contributed by atoms with Crippen molar-refractivity contribution in [3.8, 4) is 0 Å². The fourth-order valence-corrected chi connectivity index (χ4v) is 3.46. The number of anilines is 1. The summed E-state index contributed by atoms with van der Waals surface area (Å²) in [4.78, 5) is 61.8. The molecule has 35 heavy (non-hydrogen) atoms. The van der Waals surface area contributed by atoms with E-state index in [9.17, 15) is 24.0 Å². The minimum absolute atomic E-state index is 0.0121. The third-order valence-electron chi connectivity index (χ3n) is 5.28. The Morgan fingerprint density at radius 1 is 0.971 bits per heavy atom. The molecule has 1 aliphatic heterocycles. The van der Waals surface area contributed by atoms with Crippen LogP contribution in [0.25, 0.3) is 11.0 Å². The lowest BCUT2D eigenvalue weighted by atomic mass is 10.1. The first-order chi connectivity index (χ1) is 16.7. The molecule has 2 heterocycles. The van der Waals surface area contributed by atoms with Gasteiger partial charge in [-0.2, -0.15) is 0 Å². The van der Waals surface area contributed by atoms with E-state index in [4.69, 9.17) is 9.15 Å². The lowest BCUT2D eigenvalue weighted by Gasteiger charge is -2.13. The average molecular weight is 485 g/mol. The zero-order valence-corrected chi connectivity index (χ0v) is 19.7. The van der Waals surface area contributed by atoms with E-state index in [1.807, 2.05) is 31.1 Å². The molecule has 0 saturated carbocycles. The summed E-state index contributed by atoms with van der Waals surface area (Å²) in [6.45, 7) is 1.03. The van der Waals surface area contributed by atoms with Gasteiger partial charge in [0.25, 0.3) is 11.8 Å². The Balaban J connectivity index is 1.33. The second-order valence-corrected chi connectivity index (χ2v) is 8.07. The molecule has 0 aliphatic carbocycles. The van der Waals surface area contributed by atoms with Crippen LogP contribution in [0.15, 0.2) is 45.6 Å². The number of hydrogen-bond donors (Lipinski definition) is 2. The van der Waals surface area contributed by atoms with Crippen LogP contribution in [0.5, 0.6) is 0 Å². The topological polar surface area (TPSA) is 138 Å². The van der Waals surface area contributed by atoms with Gasteiger partial charge in [-0.15, -0.1) is 0 Å². The molecule has 4 amide bonds. The van der Waals surface area contributed by atoms with E-state index >= 15 is 0 Å². The molecule has 11 nitrogen and oxygen atoms in total. The maximum absolute atomic E-state index is 12.3. The molecule has 0 bridgehead atoms. The van der Waals surface area contributed by atoms with E-state index in [1.54, 1.807) is 6.07 Å². The van der Waals surface area contributed by atoms with Gasteiger partial charge in [-0.3, -0.25) is 24.1 Å². The number of fused-ring (bicyclic) bond motifs is 1. The van der Waals surface area contributed by atoms with Crippen LogP contribution in [0.4, 0.5) is 5.69 Å². The van der Waals surface area contributed by atoms with E-state index in [0.717, 1.165) is 10.6 Å². The Hall–Kier alpha value is -3.99. The van der Waals surface area contributed by atoms with E-state index in [0.29, 0.717) is 16.5 Å². The Bertz CT molecular complexity index is 1180. The minimum atomic E-state index is -0.517. The molecule has 186 valence electrons. The van der Waals surface area contributed by atoms with Crippen LogP contribution in [0.2, 0.25) is 0 Å². The standard InChI is InChI=1S/C24H28N4O7/c1-27(2)17-3-4-18-16(14-24(33)35-19(18)15-17)13-21(30)26-9-12-34-11-8-25-20(29)7-10-28-22(31)5-6-23(28)32/h3-6,14-15H,7-13H2,1-2H3,(H,25,29)(H,26,30). The van der Waals surface area contributed by atoms with Gasteiger partial charge in [0, 0.05) is 75.5 Å². The quantitative estimate of drug-likeness (QED) is 0.243. The highest BCUT2D eigenvalue weighted by Crippen LogP contribution is 2.23.